The fourth-order valence-electron chi connectivity index (χ4n) is 2.20. The number of fused-ring (bicyclic) bond motifs is 2. The molecule has 2 rings (SSSR count). The molecule has 0 aromatic heterocycles. The van der Waals surface area contributed by atoms with Crippen molar-refractivity contribution in [3.05, 3.63) is 0 Å². The predicted octanol–water partition coefficient (Wildman–Crippen LogP) is -0.229. The van der Waals surface area contributed by atoms with E-state index in [0.29, 0.717) is 19.1 Å². The molecule has 2 bridgehead atoms. The minimum Gasteiger partial charge on any atom is -0.373 e. The zero-order chi connectivity index (χ0) is 9.26. The van der Waals surface area contributed by atoms with Crippen molar-refractivity contribution in [1.82, 2.24) is 5.32 Å². The van der Waals surface area contributed by atoms with E-state index >= 15 is 0 Å². The van der Waals surface area contributed by atoms with Gasteiger partial charge in [0.1, 0.15) is 0 Å². The van der Waals surface area contributed by atoms with E-state index in [0.717, 1.165) is 19.3 Å². The van der Waals surface area contributed by atoms with Crippen molar-refractivity contribution in [3.63, 3.8) is 0 Å². The van der Waals surface area contributed by atoms with Crippen molar-refractivity contribution in [3.8, 4) is 0 Å². The Morgan fingerprint density at radius 2 is 2.38 bits per heavy atom. The summed E-state index contributed by atoms with van der Waals surface area (Å²) in [6.07, 6.45) is 4.33. The minimum atomic E-state index is 0.0589. The average Bonchev–Trinajstić information content (AvgIpc) is 2.65. The molecular formula is C9H16N2O2. The van der Waals surface area contributed by atoms with Gasteiger partial charge >= 0.3 is 0 Å². The van der Waals surface area contributed by atoms with Crippen LogP contribution in [0.3, 0.4) is 0 Å². The molecule has 74 valence electrons. The predicted molar refractivity (Wildman–Crippen MR) is 48.1 cm³/mol. The Labute approximate surface area is 77.8 Å². The van der Waals surface area contributed by atoms with E-state index in [1.54, 1.807) is 0 Å². The van der Waals surface area contributed by atoms with Gasteiger partial charge in [0.25, 0.3) is 0 Å². The largest absolute Gasteiger partial charge is 0.373 e. The molecule has 1 amide bonds. The number of hydrogen-bond acceptors (Lipinski definition) is 3. The lowest BCUT2D eigenvalue weighted by atomic mass is 9.95. The molecule has 0 radical (unpaired) electrons. The Hall–Kier alpha value is -0.610. The number of nitrogens with two attached hydrogens (primary N) is 1. The molecule has 3 atom stereocenters. The second kappa shape index (κ2) is 3.64. The molecule has 0 aromatic rings. The summed E-state index contributed by atoms with van der Waals surface area (Å²) in [4.78, 5) is 11.2. The number of carbonyl (C=O) groups excluding carboxylic acids is 1. The first kappa shape index (κ1) is 8.97. The Morgan fingerprint density at radius 3 is 2.92 bits per heavy atom. The van der Waals surface area contributed by atoms with Crippen LogP contribution in [0.25, 0.3) is 0 Å². The smallest absolute Gasteiger partial charge is 0.221 e. The summed E-state index contributed by atoms with van der Waals surface area (Å²) < 4.78 is 5.62. The summed E-state index contributed by atoms with van der Waals surface area (Å²) in [6.45, 7) is 0.424. The van der Waals surface area contributed by atoms with Crippen LogP contribution in [0.15, 0.2) is 0 Å². The highest BCUT2D eigenvalue weighted by molar-refractivity contribution is 5.76. The Balaban J connectivity index is 1.79. The summed E-state index contributed by atoms with van der Waals surface area (Å²) in [5, 5.41) is 2.97. The second-order valence-corrected chi connectivity index (χ2v) is 3.82. The molecule has 2 aliphatic rings. The molecule has 2 saturated heterocycles. The van der Waals surface area contributed by atoms with Gasteiger partial charge in [-0.25, -0.2) is 0 Å². The van der Waals surface area contributed by atoms with E-state index in [4.69, 9.17) is 10.5 Å². The van der Waals surface area contributed by atoms with Gasteiger partial charge in [0.2, 0.25) is 5.91 Å². The van der Waals surface area contributed by atoms with E-state index in [9.17, 15) is 4.79 Å². The van der Waals surface area contributed by atoms with Crippen LogP contribution >= 0.6 is 0 Å². The summed E-state index contributed by atoms with van der Waals surface area (Å²) in [5.74, 6) is 0.0589. The van der Waals surface area contributed by atoms with Crippen molar-refractivity contribution in [2.75, 3.05) is 6.54 Å². The number of hydrogen-bond donors (Lipinski definition) is 2. The Morgan fingerprint density at radius 1 is 1.54 bits per heavy atom. The monoisotopic (exact) mass is 184 g/mol. The van der Waals surface area contributed by atoms with Gasteiger partial charge in [-0.3, -0.25) is 4.79 Å². The van der Waals surface area contributed by atoms with Crippen LogP contribution in [-0.4, -0.2) is 30.7 Å². The van der Waals surface area contributed by atoms with Crippen molar-refractivity contribution in [2.24, 2.45) is 5.73 Å². The van der Waals surface area contributed by atoms with E-state index in [-0.39, 0.29) is 18.1 Å². The Bertz CT molecular complexity index is 208. The fraction of sp³-hybridized carbons (Fsp3) is 0.889. The normalized spacial score (nSPS) is 36.5. The third-order valence-electron chi connectivity index (χ3n) is 2.82. The molecule has 0 aliphatic carbocycles. The maximum Gasteiger partial charge on any atom is 0.221 e. The standard InChI is InChI=1S/C9H16N2O2/c10-4-3-9(12)11-7-5-6-1-2-8(7)13-6/h6-8H,1-5,10H2,(H,11,12). The summed E-state index contributed by atoms with van der Waals surface area (Å²) in [6, 6.07) is 0.248. The molecule has 0 saturated carbocycles. The van der Waals surface area contributed by atoms with E-state index < -0.39 is 0 Å². The van der Waals surface area contributed by atoms with Crippen LogP contribution in [0.1, 0.15) is 25.7 Å². The molecule has 2 aliphatic heterocycles. The maximum atomic E-state index is 11.2. The third kappa shape index (κ3) is 1.84. The molecule has 4 nitrogen and oxygen atoms in total. The quantitative estimate of drug-likeness (QED) is 0.637. The molecule has 3 unspecified atom stereocenters. The van der Waals surface area contributed by atoms with E-state index in [1.807, 2.05) is 0 Å². The van der Waals surface area contributed by atoms with E-state index in [2.05, 4.69) is 5.32 Å². The molecule has 0 spiro atoms. The topological polar surface area (TPSA) is 64.4 Å². The Kier molecular flexibility index (Phi) is 2.51. The van der Waals surface area contributed by atoms with Crippen LogP contribution in [-0.2, 0) is 9.53 Å². The van der Waals surface area contributed by atoms with Gasteiger partial charge in [-0.2, -0.15) is 0 Å². The zero-order valence-corrected chi connectivity index (χ0v) is 7.66. The molecule has 0 aromatic carbocycles. The fourth-order valence-corrected chi connectivity index (χ4v) is 2.20. The molecule has 3 N–H and O–H groups in total. The van der Waals surface area contributed by atoms with Gasteiger partial charge in [0, 0.05) is 13.0 Å². The molecule has 13 heavy (non-hydrogen) atoms. The summed E-state index contributed by atoms with van der Waals surface area (Å²) >= 11 is 0. The van der Waals surface area contributed by atoms with E-state index in [1.165, 1.54) is 0 Å². The highest BCUT2D eigenvalue weighted by Gasteiger charge is 2.41. The van der Waals surface area contributed by atoms with Crippen LogP contribution < -0.4 is 11.1 Å². The van der Waals surface area contributed by atoms with Crippen LogP contribution in [0.5, 0.6) is 0 Å². The first-order valence-corrected chi connectivity index (χ1v) is 4.94. The zero-order valence-electron chi connectivity index (χ0n) is 7.66. The first-order valence-electron chi connectivity index (χ1n) is 4.94. The van der Waals surface area contributed by atoms with Crippen LogP contribution in [0.2, 0.25) is 0 Å². The average molecular weight is 184 g/mol. The minimum absolute atomic E-state index is 0.0589. The second-order valence-electron chi connectivity index (χ2n) is 3.82. The number of ether oxygens (including phenoxy) is 1. The van der Waals surface area contributed by atoms with Crippen LogP contribution in [0.4, 0.5) is 0 Å². The number of nitrogens with one attached hydrogen (secondary N) is 1. The number of carbonyl (C=O) groups is 1. The summed E-state index contributed by atoms with van der Waals surface area (Å²) in [5.41, 5.74) is 5.29. The molecule has 4 heteroatoms. The first-order chi connectivity index (χ1) is 6.29. The third-order valence-corrected chi connectivity index (χ3v) is 2.82. The van der Waals surface area contributed by atoms with Gasteiger partial charge in [0.15, 0.2) is 0 Å². The lowest BCUT2D eigenvalue weighted by Crippen LogP contribution is -2.41. The molecule has 2 heterocycles. The molecular weight excluding hydrogens is 168 g/mol. The van der Waals surface area contributed by atoms with Gasteiger partial charge < -0.3 is 15.8 Å². The highest BCUT2D eigenvalue weighted by atomic mass is 16.5. The maximum absolute atomic E-state index is 11.2. The van der Waals surface area contributed by atoms with Crippen molar-refractivity contribution in [1.29, 1.82) is 0 Å². The SMILES string of the molecule is NCCC(=O)NC1CC2CCC1O2. The highest BCUT2D eigenvalue weighted by Crippen LogP contribution is 2.34. The van der Waals surface area contributed by atoms with Gasteiger partial charge in [0.05, 0.1) is 18.2 Å². The lowest BCUT2D eigenvalue weighted by molar-refractivity contribution is -0.121. The van der Waals surface area contributed by atoms with Crippen molar-refractivity contribution < 1.29 is 9.53 Å². The van der Waals surface area contributed by atoms with Crippen LogP contribution in [0, 0.1) is 0 Å². The number of amides is 1. The lowest BCUT2D eigenvalue weighted by Gasteiger charge is -2.19. The summed E-state index contributed by atoms with van der Waals surface area (Å²) in [7, 11) is 0. The van der Waals surface area contributed by atoms with Gasteiger partial charge in [-0.15, -0.1) is 0 Å². The van der Waals surface area contributed by atoms with Gasteiger partial charge in [-0.1, -0.05) is 0 Å². The number of rotatable bonds is 3. The molecule has 2 fully saturated rings. The van der Waals surface area contributed by atoms with Crippen molar-refractivity contribution >= 4 is 5.91 Å². The van der Waals surface area contributed by atoms with Crippen molar-refractivity contribution in [2.45, 2.75) is 43.9 Å². The van der Waals surface area contributed by atoms with Gasteiger partial charge in [-0.05, 0) is 19.3 Å².